The van der Waals surface area contributed by atoms with E-state index in [1.807, 2.05) is 18.6 Å². The number of hydrogen-bond acceptors (Lipinski definition) is 4. The summed E-state index contributed by atoms with van der Waals surface area (Å²) in [5.74, 6) is 1.09. The van der Waals surface area contributed by atoms with Crippen molar-refractivity contribution in [1.29, 1.82) is 0 Å². The van der Waals surface area contributed by atoms with Crippen molar-refractivity contribution in [1.82, 2.24) is 9.97 Å². The quantitative estimate of drug-likeness (QED) is 0.567. The Balaban J connectivity index is 1.73. The van der Waals surface area contributed by atoms with E-state index in [4.69, 9.17) is 9.72 Å². The second kappa shape index (κ2) is 7.26. The molecule has 0 aliphatic carbocycles. The fourth-order valence-corrected chi connectivity index (χ4v) is 3.98. The first kappa shape index (κ1) is 18.1. The maximum atomic E-state index is 5.93. The highest BCUT2D eigenvalue weighted by atomic mass is 28.3. The SMILES string of the molecule is Cc1cncc(-c2cnc3c(c2C)CCN3COCC[Si](C)(C)C)c1. The zero-order valence-corrected chi connectivity index (χ0v) is 17.1. The molecular formula is C20H29N3OSi. The van der Waals surface area contributed by atoms with E-state index >= 15 is 0 Å². The van der Waals surface area contributed by atoms with E-state index in [0.29, 0.717) is 6.73 Å². The third-order valence-electron chi connectivity index (χ3n) is 4.80. The van der Waals surface area contributed by atoms with Gasteiger partial charge in [-0.1, -0.05) is 19.6 Å². The van der Waals surface area contributed by atoms with Gasteiger partial charge in [0, 0.05) is 56.5 Å². The van der Waals surface area contributed by atoms with Gasteiger partial charge in [0.1, 0.15) is 12.5 Å². The first-order chi connectivity index (χ1) is 11.8. The molecule has 2 aromatic heterocycles. The number of fused-ring (bicyclic) bond motifs is 1. The summed E-state index contributed by atoms with van der Waals surface area (Å²) in [6.07, 6.45) is 6.85. The Morgan fingerprint density at radius 2 is 1.96 bits per heavy atom. The van der Waals surface area contributed by atoms with Crippen molar-refractivity contribution in [2.75, 3.05) is 24.8 Å². The molecule has 1 aliphatic rings. The minimum Gasteiger partial charge on any atom is -0.361 e. The number of anilines is 1. The number of rotatable bonds is 6. The second-order valence-electron chi connectivity index (χ2n) is 8.21. The molecule has 0 unspecified atom stereocenters. The Kier molecular flexibility index (Phi) is 5.25. The van der Waals surface area contributed by atoms with Crippen molar-refractivity contribution >= 4 is 13.9 Å². The molecule has 0 bridgehead atoms. The zero-order valence-electron chi connectivity index (χ0n) is 16.1. The topological polar surface area (TPSA) is 38.2 Å². The molecule has 0 aromatic carbocycles. The lowest BCUT2D eigenvalue weighted by atomic mass is 9.99. The van der Waals surface area contributed by atoms with Gasteiger partial charge in [0.2, 0.25) is 0 Å². The van der Waals surface area contributed by atoms with Crippen molar-refractivity contribution in [2.45, 2.75) is 46.0 Å². The lowest BCUT2D eigenvalue weighted by Gasteiger charge is -2.21. The molecule has 0 spiro atoms. The third kappa shape index (κ3) is 4.28. The van der Waals surface area contributed by atoms with Gasteiger partial charge in [-0.3, -0.25) is 4.98 Å². The van der Waals surface area contributed by atoms with E-state index in [0.717, 1.165) is 31.0 Å². The minimum atomic E-state index is -1.03. The first-order valence-corrected chi connectivity index (χ1v) is 12.8. The summed E-state index contributed by atoms with van der Waals surface area (Å²) in [6, 6.07) is 3.38. The van der Waals surface area contributed by atoms with E-state index in [2.05, 4.69) is 49.4 Å². The molecule has 2 aromatic rings. The van der Waals surface area contributed by atoms with Crippen molar-refractivity contribution in [3.63, 3.8) is 0 Å². The van der Waals surface area contributed by atoms with E-state index < -0.39 is 8.07 Å². The summed E-state index contributed by atoms with van der Waals surface area (Å²) in [7, 11) is -1.03. The zero-order chi connectivity index (χ0) is 18.0. The summed E-state index contributed by atoms with van der Waals surface area (Å²) < 4.78 is 5.93. The van der Waals surface area contributed by atoms with Gasteiger partial charge in [-0.2, -0.15) is 0 Å². The number of nitrogens with zero attached hydrogens (tertiary/aromatic N) is 3. The molecule has 25 heavy (non-hydrogen) atoms. The molecule has 3 rings (SSSR count). The summed E-state index contributed by atoms with van der Waals surface area (Å²) in [5, 5.41) is 0. The fourth-order valence-electron chi connectivity index (χ4n) is 3.23. The number of aryl methyl sites for hydroxylation is 1. The summed E-state index contributed by atoms with van der Waals surface area (Å²) in [4.78, 5) is 11.4. The monoisotopic (exact) mass is 355 g/mol. The number of aromatic nitrogens is 2. The Bertz CT molecular complexity index is 755. The Hall–Kier alpha value is -1.72. The predicted molar refractivity (Wildman–Crippen MR) is 107 cm³/mol. The first-order valence-electron chi connectivity index (χ1n) is 9.08. The van der Waals surface area contributed by atoms with Gasteiger partial charge >= 0.3 is 0 Å². The van der Waals surface area contributed by atoms with Crippen LogP contribution in [0, 0.1) is 13.8 Å². The largest absolute Gasteiger partial charge is 0.361 e. The van der Waals surface area contributed by atoms with Crippen LogP contribution < -0.4 is 4.90 Å². The normalized spacial score (nSPS) is 14.0. The molecule has 0 N–H and O–H groups in total. The molecule has 3 heterocycles. The standard InChI is InChI=1S/C20H29N3OSi/c1-15-10-17(12-21-11-15)19-13-22-20-18(16(19)2)6-7-23(20)14-24-8-9-25(3,4)5/h10-13H,6-9,14H2,1-5H3. The van der Waals surface area contributed by atoms with Crippen LogP contribution in [-0.2, 0) is 11.2 Å². The van der Waals surface area contributed by atoms with E-state index in [-0.39, 0.29) is 0 Å². The smallest absolute Gasteiger partial charge is 0.133 e. The maximum absolute atomic E-state index is 5.93. The Morgan fingerprint density at radius 3 is 2.68 bits per heavy atom. The van der Waals surface area contributed by atoms with E-state index in [1.54, 1.807) is 0 Å². The Labute approximate surface area is 152 Å². The van der Waals surface area contributed by atoms with Crippen LogP contribution in [0.4, 0.5) is 5.82 Å². The van der Waals surface area contributed by atoms with E-state index in [1.165, 1.54) is 28.3 Å². The van der Waals surface area contributed by atoms with Crippen molar-refractivity contribution < 1.29 is 4.74 Å². The second-order valence-corrected chi connectivity index (χ2v) is 13.8. The fraction of sp³-hybridized carbons (Fsp3) is 0.500. The molecule has 134 valence electrons. The molecule has 0 saturated carbocycles. The molecule has 0 fully saturated rings. The van der Waals surface area contributed by atoms with Crippen LogP contribution in [0.1, 0.15) is 16.7 Å². The van der Waals surface area contributed by atoms with Gasteiger partial charge in [0.25, 0.3) is 0 Å². The lowest BCUT2D eigenvalue weighted by Crippen LogP contribution is -2.27. The minimum absolute atomic E-state index is 0.648. The molecule has 0 saturated heterocycles. The van der Waals surface area contributed by atoms with Crippen molar-refractivity contribution in [3.05, 3.63) is 41.3 Å². The van der Waals surface area contributed by atoms with Crippen LogP contribution in [0.15, 0.2) is 24.7 Å². The highest BCUT2D eigenvalue weighted by Gasteiger charge is 2.24. The number of hydrogen-bond donors (Lipinski definition) is 0. The summed E-state index contributed by atoms with van der Waals surface area (Å²) in [5.41, 5.74) is 6.19. The van der Waals surface area contributed by atoms with Crippen LogP contribution >= 0.6 is 0 Å². The van der Waals surface area contributed by atoms with Gasteiger partial charge in [-0.05, 0) is 43.5 Å². The van der Waals surface area contributed by atoms with Crippen LogP contribution in [-0.4, -0.2) is 37.9 Å². The number of ether oxygens (including phenoxy) is 1. The predicted octanol–water partition coefficient (Wildman–Crippen LogP) is 4.44. The average Bonchev–Trinajstić information content (AvgIpc) is 2.95. The molecule has 0 amide bonds. The van der Waals surface area contributed by atoms with Gasteiger partial charge in [-0.15, -0.1) is 0 Å². The van der Waals surface area contributed by atoms with E-state index in [9.17, 15) is 0 Å². The lowest BCUT2D eigenvalue weighted by molar-refractivity contribution is 0.147. The van der Waals surface area contributed by atoms with Crippen LogP contribution in [0.5, 0.6) is 0 Å². The van der Waals surface area contributed by atoms with Crippen LogP contribution in [0.2, 0.25) is 25.7 Å². The van der Waals surface area contributed by atoms with Gasteiger partial charge in [0.15, 0.2) is 0 Å². The molecule has 5 heteroatoms. The molecule has 1 aliphatic heterocycles. The van der Waals surface area contributed by atoms with Crippen molar-refractivity contribution in [3.8, 4) is 11.1 Å². The van der Waals surface area contributed by atoms with Gasteiger partial charge < -0.3 is 9.64 Å². The average molecular weight is 356 g/mol. The Morgan fingerprint density at radius 1 is 1.16 bits per heavy atom. The molecule has 0 atom stereocenters. The molecule has 4 nitrogen and oxygen atoms in total. The van der Waals surface area contributed by atoms with Gasteiger partial charge in [-0.25, -0.2) is 4.98 Å². The van der Waals surface area contributed by atoms with Crippen LogP contribution in [0.25, 0.3) is 11.1 Å². The summed E-state index contributed by atoms with van der Waals surface area (Å²) in [6.45, 7) is 13.9. The summed E-state index contributed by atoms with van der Waals surface area (Å²) >= 11 is 0. The third-order valence-corrected chi connectivity index (χ3v) is 6.51. The van der Waals surface area contributed by atoms with Crippen molar-refractivity contribution in [2.24, 2.45) is 0 Å². The van der Waals surface area contributed by atoms with Crippen LogP contribution in [0.3, 0.4) is 0 Å². The number of pyridine rings is 2. The molecule has 0 radical (unpaired) electrons. The highest BCUT2D eigenvalue weighted by molar-refractivity contribution is 6.76. The van der Waals surface area contributed by atoms with Gasteiger partial charge in [0.05, 0.1) is 0 Å². The highest BCUT2D eigenvalue weighted by Crippen LogP contribution is 2.34. The molecular weight excluding hydrogens is 326 g/mol. The maximum Gasteiger partial charge on any atom is 0.133 e.